The first-order valence-corrected chi connectivity index (χ1v) is 6.79. The van der Waals surface area contributed by atoms with Gasteiger partial charge in [-0.1, -0.05) is 24.3 Å². The third-order valence-corrected chi connectivity index (χ3v) is 3.25. The summed E-state index contributed by atoms with van der Waals surface area (Å²) in [6, 6.07) is 8.04. The number of rotatable bonds is 5. The number of H-pyrrole nitrogens is 1. The molecule has 1 aromatic heterocycles. The molecule has 4 N–H and O–H groups in total. The molecule has 112 valence electrons. The van der Waals surface area contributed by atoms with Crippen molar-refractivity contribution in [1.82, 2.24) is 20.4 Å². The van der Waals surface area contributed by atoms with E-state index in [1.54, 1.807) is 6.92 Å². The second-order valence-corrected chi connectivity index (χ2v) is 5.30. The molecular weight excluding hydrogens is 266 g/mol. The van der Waals surface area contributed by atoms with Gasteiger partial charge in [0.05, 0.1) is 11.4 Å². The summed E-state index contributed by atoms with van der Waals surface area (Å²) < 4.78 is 0. The van der Waals surface area contributed by atoms with Gasteiger partial charge in [0.15, 0.2) is 5.69 Å². The van der Waals surface area contributed by atoms with Crippen LogP contribution in [0.2, 0.25) is 0 Å². The fourth-order valence-corrected chi connectivity index (χ4v) is 2.10. The first kappa shape index (κ1) is 15.1. The minimum absolute atomic E-state index is 0.248. The molecule has 0 bridgehead atoms. The van der Waals surface area contributed by atoms with Crippen molar-refractivity contribution in [2.75, 3.05) is 19.8 Å². The zero-order chi connectivity index (χ0) is 15.4. The van der Waals surface area contributed by atoms with Gasteiger partial charge >= 0.3 is 0 Å². The molecule has 0 aliphatic carbocycles. The van der Waals surface area contributed by atoms with Gasteiger partial charge in [0.1, 0.15) is 0 Å². The number of benzene rings is 1. The Morgan fingerprint density at radius 1 is 1.33 bits per heavy atom. The molecule has 6 nitrogen and oxygen atoms in total. The predicted octanol–water partition coefficient (Wildman–Crippen LogP) is 1.29. The van der Waals surface area contributed by atoms with Gasteiger partial charge < -0.3 is 16.0 Å². The van der Waals surface area contributed by atoms with Crippen LogP contribution in [0.1, 0.15) is 27.3 Å². The number of aryl methyl sites for hydroxylation is 1. The first-order chi connectivity index (χ1) is 9.99. The van der Waals surface area contributed by atoms with Crippen LogP contribution in [0.5, 0.6) is 0 Å². The highest BCUT2D eigenvalue weighted by molar-refractivity contribution is 5.97. The van der Waals surface area contributed by atoms with E-state index in [2.05, 4.69) is 26.5 Å². The number of carbonyl (C=O) groups is 1. The van der Waals surface area contributed by atoms with E-state index in [4.69, 9.17) is 5.73 Å². The minimum atomic E-state index is -0.267. The van der Waals surface area contributed by atoms with Crippen molar-refractivity contribution in [2.45, 2.75) is 20.0 Å². The van der Waals surface area contributed by atoms with Crippen molar-refractivity contribution in [3.63, 3.8) is 0 Å². The number of nitrogens with two attached hydrogens (primary N) is 1. The van der Waals surface area contributed by atoms with Crippen molar-refractivity contribution in [3.8, 4) is 0 Å². The number of amides is 1. The highest BCUT2D eigenvalue weighted by Gasteiger charge is 2.15. The fourth-order valence-electron chi connectivity index (χ4n) is 2.10. The molecule has 0 radical (unpaired) electrons. The van der Waals surface area contributed by atoms with Crippen molar-refractivity contribution >= 4 is 11.6 Å². The van der Waals surface area contributed by atoms with E-state index < -0.39 is 0 Å². The number of aromatic amines is 1. The van der Waals surface area contributed by atoms with E-state index in [9.17, 15) is 4.79 Å². The van der Waals surface area contributed by atoms with Crippen LogP contribution in [0, 0.1) is 6.92 Å². The smallest absolute Gasteiger partial charge is 0.274 e. The molecule has 0 saturated heterocycles. The number of nitrogens with one attached hydrogen (secondary N) is 2. The lowest BCUT2D eigenvalue weighted by Gasteiger charge is -2.14. The lowest BCUT2D eigenvalue weighted by Crippen LogP contribution is -2.25. The number of anilines is 1. The zero-order valence-electron chi connectivity index (χ0n) is 12.6. The maximum Gasteiger partial charge on any atom is 0.274 e. The topological polar surface area (TPSA) is 87.0 Å². The van der Waals surface area contributed by atoms with Crippen molar-refractivity contribution in [1.29, 1.82) is 0 Å². The summed E-state index contributed by atoms with van der Waals surface area (Å²) in [5.74, 6) is -0.267. The SMILES string of the molecule is Cc1[nH]nc(C(=O)NCc2ccccc2CN(C)C)c1N. The summed E-state index contributed by atoms with van der Waals surface area (Å²) in [5.41, 5.74) is 9.43. The van der Waals surface area contributed by atoms with Gasteiger partial charge in [-0.3, -0.25) is 9.89 Å². The van der Waals surface area contributed by atoms with Crippen LogP contribution in [-0.4, -0.2) is 35.1 Å². The maximum absolute atomic E-state index is 12.1. The largest absolute Gasteiger partial charge is 0.395 e. The number of aromatic nitrogens is 2. The van der Waals surface area contributed by atoms with Gasteiger partial charge in [-0.05, 0) is 32.1 Å². The first-order valence-electron chi connectivity index (χ1n) is 6.79. The molecule has 0 aliphatic heterocycles. The highest BCUT2D eigenvalue weighted by atomic mass is 16.1. The number of hydrogen-bond acceptors (Lipinski definition) is 4. The van der Waals surface area contributed by atoms with Crippen LogP contribution in [0.15, 0.2) is 24.3 Å². The fraction of sp³-hybridized carbons (Fsp3) is 0.333. The normalized spacial score (nSPS) is 10.9. The second kappa shape index (κ2) is 6.41. The minimum Gasteiger partial charge on any atom is -0.395 e. The molecule has 0 spiro atoms. The predicted molar refractivity (Wildman–Crippen MR) is 82.7 cm³/mol. The molecule has 1 amide bonds. The van der Waals surface area contributed by atoms with E-state index in [1.165, 1.54) is 5.56 Å². The maximum atomic E-state index is 12.1. The number of hydrogen-bond donors (Lipinski definition) is 3. The molecule has 0 unspecified atom stereocenters. The van der Waals surface area contributed by atoms with Gasteiger partial charge in [0, 0.05) is 13.1 Å². The van der Waals surface area contributed by atoms with E-state index in [0.717, 1.165) is 12.1 Å². The molecule has 0 aliphatic rings. The third kappa shape index (κ3) is 3.61. The average molecular weight is 287 g/mol. The summed E-state index contributed by atoms with van der Waals surface area (Å²) >= 11 is 0. The van der Waals surface area contributed by atoms with Crippen molar-refractivity contribution in [3.05, 3.63) is 46.8 Å². The molecule has 6 heteroatoms. The molecule has 0 saturated carbocycles. The van der Waals surface area contributed by atoms with E-state index in [0.29, 0.717) is 17.9 Å². The van der Waals surface area contributed by atoms with Crippen LogP contribution in [0.4, 0.5) is 5.69 Å². The quantitative estimate of drug-likeness (QED) is 0.773. The zero-order valence-corrected chi connectivity index (χ0v) is 12.6. The molecule has 1 heterocycles. The molecule has 1 aromatic carbocycles. The molecule has 21 heavy (non-hydrogen) atoms. The van der Waals surface area contributed by atoms with Crippen LogP contribution in [0.25, 0.3) is 0 Å². The lowest BCUT2D eigenvalue weighted by molar-refractivity contribution is 0.0946. The monoisotopic (exact) mass is 287 g/mol. The Hall–Kier alpha value is -2.34. The van der Waals surface area contributed by atoms with Gasteiger partial charge in [-0.2, -0.15) is 5.10 Å². The van der Waals surface area contributed by atoms with Gasteiger partial charge in [-0.25, -0.2) is 0 Å². The summed E-state index contributed by atoms with van der Waals surface area (Å²) in [6.45, 7) is 3.06. The van der Waals surface area contributed by atoms with Crippen LogP contribution < -0.4 is 11.1 Å². The van der Waals surface area contributed by atoms with Crippen molar-refractivity contribution in [2.24, 2.45) is 0 Å². The molecule has 2 rings (SSSR count). The second-order valence-electron chi connectivity index (χ2n) is 5.30. The molecule has 2 aromatic rings. The summed E-state index contributed by atoms with van der Waals surface area (Å²) in [7, 11) is 4.03. The summed E-state index contributed by atoms with van der Waals surface area (Å²) in [6.07, 6.45) is 0. The van der Waals surface area contributed by atoms with E-state index in [1.807, 2.05) is 32.3 Å². The van der Waals surface area contributed by atoms with E-state index >= 15 is 0 Å². The molecular formula is C15H21N5O. The van der Waals surface area contributed by atoms with Crippen LogP contribution >= 0.6 is 0 Å². The van der Waals surface area contributed by atoms with Crippen LogP contribution in [-0.2, 0) is 13.1 Å². The Morgan fingerprint density at radius 2 is 2.00 bits per heavy atom. The highest BCUT2D eigenvalue weighted by Crippen LogP contribution is 2.13. The lowest BCUT2D eigenvalue weighted by atomic mass is 10.1. The van der Waals surface area contributed by atoms with Gasteiger partial charge in [-0.15, -0.1) is 0 Å². The van der Waals surface area contributed by atoms with Gasteiger partial charge in [0.25, 0.3) is 5.91 Å². The average Bonchev–Trinajstić information content (AvgIpc) is 2.77. The number of carbonyl (C=O) groups excluding carboxylic acids is 1. The Morgan fingerprint density at radius 3 is 2.57 bits per heavy atom. The Bertz CT molecular complexity index is 633. The Kier molecular flexibility index (Phi) is 4.59. The van der Waals surface area contributed by atoms with E-state index in [-0.39, 0.29) is 11.6 Å². The molecule has 0 atom stereocenters. The third-order valence-electron chi connectivity index (χ3n) is 3.25. The van der Waals surface area contributed by atoms with Crippen LogP contribution in [0.3, 0.4) is 0 Å². The Labute approximate surface area is 124 Å². The number of nitrogen functional groups attached to an aromatic ring is 1. The van der Waals surface area contributed by atoms with Crippen molar-refractivity contribution < 1.29 is 4.79 Å². The summed E-state index contributed by atoms with van der Waals surface area (Å²) in [4.78, 5) is 14.2. The summed E-state index contributed by atoms with van der Waals surface area (Å²) in [5, 5.41) is 9.50. The molecule has 0 fully saturated rings. The Balaban J connectivity index is 2.06. The van der Waals surface area contributed by atoms with Gasteiger partial charge in [0.2, 0.25) is 0 Å². The standard InChI is InChI=1S/C15H21N5O/c1-10-13(16)14(19-18-10)15(21)17-8-11-6-4-5-7-12(11)9-20(2)3/h4-7H,8-9,16H2,1-3H3,(H,17,21)(H,18,19). The number of nitrogens with zero attached hydrogens (tertiary/aromatic N) is 2.